The van der Waals surface area contributed by atoms with E-state index in [9.17, 15) is 61.0 Å². The van der Waals surface area contributed by atoms with Gasteiger partial charge in [-0.05, 0) is 89.9 Å². The second-order valence-corrected chi connectivity index (χ2v) is 22.1. The van der Waals surface area contributed by atoms with Gasteiger partial charge in [-0.3, -0.25) is 4.79 Å². The van der Waals surface area contributed by atoms with Gasteiger partial charge in [0.05, 0.1) is 38.6 Å². The van der Waals surface area contributed by atoms with Crippen LogP contribution in [0.25, 0.3) is 0 Å². The van der Waals surface area contributed by atoms with E-state index in [1.165, 1.54) is 0 Å². The van der Waals surface area contributed by atoms with Gasteiger partial charge in [-0.25, -0.2) is 0 Å². The molecule has 0 spiro atoms. The first-order chi connectivity index (χ1) is 41.8. The molecule has 3 heterocycles. The third kappa shape index (κ3) is 30.6. The first kappa shape index (κ1) is 76.4. The van der Waals surface area contributed by atoms with Crippen molar-refractivity contribution in [1.82, 2.24) is 5.32 Å². The highest BCUT2D eigenvalue weighted by molar-refractivity contribution is 5.76. The standard InChI is InChI=1S/C67H109NO18/c1-3-5-7-9-11-12-13-14-15-16-17-18-19-20-21-22-23-24-25-26-27-28-29-30-31-32-33-34-35-36-37-38-39-41-43-45-55(73)68-50(51(72)44-42-40-10-8-6-4-2)49-81-65-61(79)58(76)63(53(47-70)83-65)86-67-62(80)59(77)64(54(48-71)84-67)85-66-60(78)57(75)56(74)52(46-69)82-66/h5,7,11-12,14-15,17-18,20-21,23-24,26-27,29-30,32-33,35-36,50-54,56-67,69-72,74-80H,3-4,6,8-10,13,16,19,22,25,28,31,34,37-49H2,1-2H3,(H,68,73)/b7-5-,12-11-,15-14-,18-17-,21-20-,24-23-,27-26-,30-29-,33-32-,36-35-. The van der Waals surface area contributed by atoms with Crippen LogP contribution in [0.15, 0.2) is 122 Å². The molecule has 3 rings (SSSR count). The highest BCUT2D eigenvalue weighted by Gasteiger charge is 2.53. The summed E-state index contributed by atoms with van der Waals surface area (Å²) in [5, 5.41) is 120. The lowest BCUT2D eigenvalue weighted by molar-refractivity contribution is -0.379. The average Bonchev–Trinajstić information content (AvgIpc) is 2.46. The fourth-order valence-electron chi connectivity index (χ4n) is 9.87. The largest absolute Gasteiger partial charge is 0.394 e. The molecule has 0 aromatic carbocycles. The van der Waals surface area contributed by atoms with Gasteiger partial charge in [0.2, 0.25) is 5.91 Å². The molecule has 86 heavy (non-hydrogen) atoms. The number of ether oxygens (including phenoxy) is 6. The molecule has 17 atom stereocenters. The lowest BCUT2D eigenvalue weighted by Crippen LogP contribution is -2.66. The monoisotopic (exact) mass is 1220 g/mol. The van der Waals surface area contributed by atoms with E-state index in [1.54, 1.807) is 0 Å². The first-order valence-corrected chi connectivity index (χ1v) is 31.8. The van der Waals surface area contributed by atoms with E-state index < -0.39 is 124 Å². The number of unbranched alkanes of at least 4 members (excludes halogenated alkanes) is 9. The van der Waals surface area contributed by atoms with Crippen LogP contribution in [0.5, 0.6) is 0 Å². The van der Waals surface area contributed by atoms with Gasteiger partial charge >= 0.3 is 0 Å². The van der Waals surface area contributed by atoms with Gasteiger partial charge in [-0.1, -0.05) is 187 Å². The Labute approximate surface area is 512 Å². The lowest BCUT2D eigenvalue weighted by Gasteiger charge is -2.48. The normalized spacial score (nSPS) is 29.6. The molecule has 0 saturated carbocycles. The Kier molecular flexibility index (Phi) is 42.7. The molecule has 19 nitrogen and oxygen atoms in total. The van der Waals surface area contributed by atoms with Crippen molar-refractivity contribution in [1.29, 1.82) is 0 Å². The summed E-state index contributed by atoms with van der Waals surface area (Å²) in [4.78, 5) is 13.3. The van der Waals surface area contributed by atoms with Crippen molar-refractivity contribution in [2.75, 3.05) is 26.4 Å². The molecular weight excluding hydrogens is 1110 g/mol. The van der Waals surface area contributed by atoms with Crippen LogP contribution in [0.3, 0.4) is 0 Å². The zero-order valence-electron chi connectivity index (χ0n) is 51.2. The van der Waals surface area contributed by atoms with E-state index >= 15 is 0 Å². The Hall–Kier alpha value is -3.81. The fraction of sp³-hybridized carbons (Fsp3) is 0.687. The molecule has 19 heteroatoms. The maximum atomic E-state index is 13.3. The van der Waals surface area contributed by atoms with Gasteiger partial charge < -0.3 is 89.9 Å². The van der Waals surface area contributed by atoms with Crippen LogP contribution in [-0.4, -0.2) is 193 Å². The van der Waals surface area contributed by atoms with E-state index in [0.29, 0.717) is 19.3 Å². The van der Waals surface area contributed by atoms with Gasteiger partial charge in [0.25, 0.3) is 0 Å². The molecule has 17 unspecified atom stereocenters. The number of hydrogen-bond acceptors (Lipinski definition) is 18. The Balaban J connectivity index is 1.34. The molecule has 3 saturated heterocycles. The van der Waals surface area contributed by atoms with E-state index in [1.807, 2.05) is 0 Å². The molecule has 0 radical (unpaired) electrons. The number of carbonyl (C=O) groups is 1. The summed E-state index contributed by atoms with van der Waals surface area (Å²) in [6.07, 6.45) is 37.8. The molecule has 0 aromatic rings. The maximum Gasteiger partial charge on any atom is 0.220 e. The summed E-state index contributed by atoms with van der Waals surface area (Å²) in [6, 6.07) is -0.907. The van der Waals surface area contributed by atoms with Gasteiger partial charge in [-0.15, -0.1) is 0 Å². The SMILES string of the molecule is CC/C=C\C/C=C\C/C=C\C/C=C\C/C=C\C/C=C\C/C=C\C/C=C\C/C=C\C/C=C\CCCCCCC(=O)NC(COC1OC(CO)C(OC2OC(CO)C(OC3OC(CO)C(O)C(O)C3O)C(O)C2O)C(O)C1O)C(O)CCCCCCCC. The number of aliphatic hydroxyl groups is 11. The minimum atomic E-state index is -1.98. The Bertz CT molecular complexity index is 2030. The minimum absolute atomic E-state index is 0.227. The van der Waals surface area contributed by atoms with Crippen LogP contribution in [0.1, 0.15) is 162 Å². The molecule has 3 fully saturated rings. The number of nitrogens with one attached hydrogen (secondary N) is 1. The van der Waals surface area contributed by atoms with Crippen LogP contribution < -0.4 is 5.32 Å². The smallest absolute Gasteiger partial charge is 0.220 e. The molecular formula is C67H109NO18. The number of rotatable bonds is 45. The van der Waals surface area contributed by atoms with Crippen LogP contribution in [0, 0.1) is 0 Å². The predicted octanol–water partition coefficient (Wildman–Crippen LogP) is 6.87. The Morgan fingerprint density at radius 1 is 0.430 bits per heavy atom. The summed E-state index contributed by atoms with van der Waals surface area (Å²) in [6.45, 7) is 1.53. The van der Waals surface area contributed by atoms with Crippen molar-refractivity contribution < 1.29 is 89.4 Å². The minimum Gasteiger partial charge on any atom is -0.394 e. The summed E-state index contributed by atoms with van der Waals surface area (Å²) < 4.78 is 34.1. The zero-order valence-corrected chi connectivity index (χ0v) is 51.2. The predicted molar refractivity (Wildman–Crippen MR) is 332 cm³/mol. The third-order valence-electron chi connectivity index (χ3n) is 15.1. The summed E-state index contributed by atoms with van der Waals surface area (Å²) in [5.74, 6) is -0.280. The Morgan fingerprint density at radius 2 is 0.802 bits per heavy atom. The number of hydrogen-bond donors (Lipinski definition) is 12. The molecule has 0 aliphatic carbocycles. The van der Waals surface area contributed by atoms with Crippen LogP contribution >= 0.6 is 0 Å². The second-order valence-electron chi connectivity index (χ2n) is 22.1. The van der Waals surface area contributed by atoms with Gasteiger partial charge in [-0.2, -0.15) is 0 Å². The number of allylic oxidation sites excluding steroid dienone is 20. The molecule has 490 valence electrons. The zero-order chi connectivity index (χ0) is 62.6. The van der Waals surface area contributed by atoms with Gasteiger partial charge in [0, 0.05) is 6.42 Å². The van der Waals surface area contributed by atoms with E-state index in [0.717, 1.165) is 122 Å². The van der Waals surface area contributed by atoms with Crippen molar-refractivity contribution in [2.45, 2.75) is 266 Å². The molecule has 3 aliphatic rings. The van der Waals surface area contributed by atoms with E-state index in [4.69, 9.17) is 28.4 Å². The number of carbonyl (C=O) groups excluding carboxylic acids is 1. The molecule has 3 aliphatic heterocycles. The van der Waals surface area contributed by atoms with Crippen LogP contribution in [-0.2, 0) is 33.2 Å². The summed E-state index contributed by atoms with van der Waals surface area (Å²) in [7, 11) is 0. The van der Waals surface area contributed by atoms with Gasteiger partial charge in [0.15, 0.2) is 18.9 Å². The average molecular weight is 1220 g/mol. The summed E-state index contributed by atoms with van der Waals surface area (Å²) in [5.41, 5.74) is 0. The lowest BCUT2D eigenvalue weighted by atomic mass is 9.96. The molecule has 0 bridgehead atoms. The topological polar surface area (TPSA) is 307 Å². The highest BCUT2D eigenvalue weighted by atomic mass is 16.8. The Morgan fingerprint density at radius 3 is 1.26 bits per heavy atom. The number of aliphatic hydroxyl groups excluding tert-OH is 11. The quantitative estimate of drug-likeness (QED) is 0.0219. The molecule has 1 amide bonds. The fourth-order valence-corrected chi connectivity index (χ4v) is 9.87. The van der Waals surface area contributed by atoms with Gasteiger partial charge in [0.1, 0.15) is 73.2 Å². The summed E-state index contributed by atoms with van der Waals surface area (Å²) >= 11 is 0. The van der Waals surface area contributed by atoms with Crippen molar-refractivity contribution >= 4 is 5.91 Å². The maximum absolute atomic E-state index is 13.3. The highest BCUT2D eigenvalue weighted by Crippen LogP contribution is 2.33. The van der Waals surface area contributed by atoms with E-state index in [2.05, 4.69) is 141 Å². The van der Waals surface area contributed by atoms with Crippen molar-refractivity contribution in [2.24, 2.45) is 0 Å². The third-order valence-corrected chi connectivity index (χ3v) is 15.1. The van der Waals surface area contributed by atoms with Crippen molar-refractivity contribution in [3.05, 3.63) is 122 Å². The van der Waals surface area contributed by atoms with Crippen molar-refractivity contribution in [3.63, 3.8) is 0 Å². The number of amides is 1. The molecule has 0 aromatic heterocycles. The first-order valence-electron chi connectivity index (χ1n) is 31.8. The van der Waals surface area contributed by atoms with Crippen LogP contribution in [0.2, 0.25) is 0 Å². The van der Waals surface area contributed by atoms with Crippen LogP contribution in [0.4, 0.5) is 0 Å². The van der Waals surface area contributed by atoms with E-state index in [-0.39, 0.29) is 18.9 Å². The van der Waals surface area contributed by atoms with Crippen molar-refractivity contribution in [3.8, 4) is 0 Å². The molecule has 12 N–H and O–H groups in total. The second kappa shape index (κ2) is 48.1.